The number of nitrogens with one attached hydrogen (secondary N) is 1. The van der Waals surface area contributed by atoms with E-state index in [4.69, 9.17) is 5.73 Å². The molecule has 1 heterocycles. The van der Waals surface area contributed by atoms with Crippen LogP contribution < -0.4 is 16.2 Å². The topological polar surface area (TPSA) is 78.2 Å². The SMILES string of the molecule is NC1(C(=O)[O-])CCNCC1. The lowest BCUT2D eigenvalue weighted by atomic mass is 9.90. The van der Waals surface area contributed by atoms with E-state index in [2.05, 4.69) is 5.32 Å². The minimum Gasteiger partial charge on any atom is -0.548 e. The summed E-state index contributed by atoms with van der Waals surface area (Å²) in [5.74, 6) is -1.13. The molecule has 0 saturated carbocycles. The molecule has 0 aromatic heterocycles. The predicted molar refractivity (Wildman–Crippen MR) is 34.0 cm³/mol. The van der Waals surface area contributed by atoms with Gasteiger partial charge in [-0.3, -0.25) is 0 Å². The molecule has 1 saturated heterocycles. The number of carboxylic acids is 1. The van der Waals surface area contributed by atoms with Crippen molar-refractivity contribution in [2.75, 3.05) is 13.1 Å². The van der Waals surface area contributed by atoms with E-state index in [-0.39, 0.29) is 0 Å². The highest BCUT2D eigenvalue weighted by Crippen LogP contribution is 2.12. The number of aliphatic carboxylic acids is 1. The molecule has 1 fully saturated rings. The Labute approximate surface area is 59.4 Å². The zero-order valence-electron chi connectivity index (χ0n) is 5.72. The highest BCUT2D eigenvalue weighted by Gasteiger charge is 2.28. The van der Waals surface area contributed by atoms with Crippen LogP contribution in [0.15, 0.2) is 0 Å². The summed E-state index contributed by atoms with van der Waals surface area (Å²) in [5, 5.41) is 13.4. The summed E-state index contributed by atoms with van der Waals surface area (Å²) < 4.78 is 0. The monoisotopic (exact) mass is 143 g/mol. The molecule has 0 amide bonds. The van der Waals surface area contributed by atoms with Gasteiger partial charge in [0.1, 0.15) is 0 Å². The van der Waals surface area contributed by atoms with Crippen molar-refractivity contribution >= 4 is 5.97 Å². The summed E-state index contributed by atoms with van der Waals surface area (Å²) in [6.45, 7) is 1.34. The van der Waals surface area contributed by atoms with E-state index >= 15 is 0 Å². The normalized spacial score (nSPS) is 24.1. The van der Waals surface area contributed by atoms with E-state index in [1.54, 1.807) is 0 Å². The molecule has 10 heavy (non-hydrogen) atoms. The van der Waals surface area contributed by atoms with Gasteiger partial charge in [-0.25, -0.2) is 0 Å². The molecule has 0 radical (unpaired) electrons. The van der Waals surface area contributed by atoms with Gasteiger partial charge in [0.2, 0.25) is 0 Å². The molecule has 4 heteroatoms. The lowest BCUT2D eigenvalue weighted by molar-refractivity contribution is -0.313. The Morgan fingerprint density at radius 3 is 2.30 bits per heavy atom. The van der Waals surface area contributed by atoms with Crippen LogP contribution in [0.1, 0.15) is 12.8 Å². The maximum atomic E-state index is 10.4. The van der Waals surface area contributed by atoms with Crippen LogP contribution >= 0.6 is 0 Å². The Balaban J connectivity index is 2.56. The van der Waals surface area contributed by atoms with Gasteiger partial charge in [-0.1, -0.05) is 0 Å². The van der Waals surface area contributed by atoms with Crippen LogP contribution in [0.25, 0.3) is 0 Å². The first-order valence-corrected chi connectivity index (χ1v) is 3.36. The maximum Gasteiger partial charge on any atom is 0.0614 e. The van der Waals surface area contributed by atoms with E-state index < -0.39 is 11.5 Å². The molecule has 0 aromatic rings. The molecule has 3 N–H and O–H groups in total. The Morgan fingerprint density at radius 1 is 1.50 bits per heavy atom. The van der Waals surface area contributed by atoms with Gasteiger partial charge in [0.25, 0.3) is 0 Å². The number of hydrogen-bond acceptors (Lipinski definition) is 4. The molecule has 0 aromatic carbocycles. The number of carbonyl (C=O) groups excluding carboxylic acids is 1. The van der Waals surface area contributed by atoms with Crippen LogP contribution in [0, 0.1) is 0 Å². The van der Waals surface area contributed by atoms with E-state index in [9.17, 15) is 9.90 Å². The first-order chi connectivity index (χ1) is 4.65. The average Bonchev–Trinajstić information content (AvgIpc) is 1.89. The number of rotatable bonds is 1. The van der Waals surface area contributed by atoms with Crippen molar-refractivity contribution in [1.29, 1.82) is 0 Å². The van der Waals surface area contributed by atoms with Gasteiger partial charge in [-0.2, -0.15) is 0 Å². The predicted octanol–water partition coefficient (Wildman–Crippen LogP) is -2.18. The van der Waals surface area contributed by atoms with Crippen LogP contribution in [-0.4, -0.2) is 24.6 Å². The molecule has 0 unspecified atom stereocenters. The van der Waals surface area contributed by atoms with Crippen molar-refractivity contribution in [3.8, 4) is 0 Å². The Kier molecular flexibility index (Phi) is 1.92. The summed E-state index contributed by atoms with van der Waals surface area (Å²) >= 11 is 0. The van der Waals surface area contributed by atoms with Crippen LogP contribution in [0.5, 0.6) is 0 Å². The fourth-order valence-electron chi connectivity index (χ4n) is 1.08. The first-order valence-electron chi connectivity index (χ1n) is 3.36. The van der Waals surface area contributed by atoms with Crippen LogP contribution in [0.4, 0.5) is 0 Å². The lowest BCUT2D eigenvalue weighted by Gasteiger charge is -2.34. The van der Waals surface area contributed by atoms with Crippen molar-refractivity contribution in [3.05, 3.63) is 0 Å². The summed E-state index contributed by atoms with van der Waals surface area (Å²) in [6.07, 6.45) is 0.935. The van der Waals surface area contributed by atoms with Crippen molar-refractivity contribution < 1.29 is 9.90 Å². The molecule has 0 bridgehead atoms. The second kappa shape index (κ2) is 2.56. The van der Waals surface area contributed by atoms with Gasteiger partial charge in [-0.05, 0) is 25.9 Å². The quantitative estimate of drug-likeness (QED) is 0.437. The number of hydrogen-bond donors (Lipinski definition) is 2. The minimum atomic E-state index is -1.13. The molecule has 1 aliphatic heterocycles. The number of carboxylic acid groups (broad SMARTS) is 1. The first kappa shape index (κ1) is 7.50. The fourth-order valence-corrected chi connectivity index (χ4v) is 1.08. The number of carbonyl (C=O) groups is 1. The van der Waals surface area contributed by atoms with Crippen molar-refractivity contribution in [3.63, 3.8) is 0 Å². The lowest BCUT2D eigenvalue weighted by Crippen LogP contribution is -2.60. The van der Waals surface area contributed by atoms with Gasteiger partial charge >= 0.3 is 0 Å². The second-order valence-electron chi connectivity index (χ2n) is 2.69. The Hall–Kier alpha value is -0.610. The Bertz CT molecular complexity index is 141. The van der Waals surface area contributed by atoms with E-state index in [0.29, 0.717) is 25.9 Å². The van der Waals surface area contributed by atoms with Gasteiger partial charge in [0.15, 0.2) is 0 Å². The Morgan fingerprint density at radius 2 is 2.00 bits per heavy atom. The summed E-state index contributed by atoms with van der Waals surface area (Å²) in [6, 6.07) is 0. The summed E-state index contributed by atoms with van der Waals surface area (Å²) in [5.41, 5.74) is 4.42. The molecular weight excluding hydrogens is 132 g/mol. The summed E-state index contributed by atoms with van der Waals surface area (Å²) in [4.78, 5) is 10.4. The van der Waals surface area contributed by atoms with E-state index in [0.717, 1.165) is 0 Å². The minimum absolute atomic E-state index is 0.468. The van der Waals surface area contributed by atoms with E-state index in [1.807, 2.05) is 0 Å². The zero-order chi connectivity index (χ0) is 7.61. The fraction of sp³-hybridized carbons (Fsp3) is 0.833. The van der Waals surface area contributed by atoms with Gasteiger partial charge < -0.3 is 21.0 Å². The largest absolute Gasteiger partial charge is 0.548 e. The summed E-state index contributed by atoms with van der Waals surface area (Å²) in [7, 11) is 0. The second-order valence-corrected chi connectivity index (χ2v) is 2.69. The van der Waals surface area contributed by atoms with Crippen molar-refractivity contribution in [2.45, 2.75) is 18.4 Å². The molecule has 0 atom stereocenters. The maximum absolute atomic E-state index is 10.4. The third-order valence-electron chi connectivity index (χ3n) is 1.90. The molecule has 0 aliphatic carbocycles. The van der Waals surface area contributed by atoms with Gasteiger partial charge in [0.05, 0.1) is 11.5 Å². The number of nitrogens with two attached hydrogens (primary N) is 1. The smallest absolute Gasteiger partial charge is 0.0614 e. The molecule has 1 rings (SSSR count). The molecule has 1 aliphatic rings. The highest BCUT2D eigenvalue weighted by atomic mass is 16.4. The van der Waals surface area contributed by atoms with Crippen LogP contribution in [0.2, 0.25) is 0 Å². The van der Waals surface area contributed by atoms with Crippen LogP contribution in [0.3, 0.4) is 0 Å². The van der Waals surface area contributed by atoms with Gasteiger partial charge in [-0.15, -0.1) is 0 Å². The molecule has 58 valence electrons. The highest BCUT2D eigenvalue weighted by molar-refractivity contribution is 5.76. The third-order valence-corrected chi connectivity index (χ3v) is 1.90. The van der Waals surface area contributed by atoms with Crippen LogP contribution in [-0.2, 0) is 4.79 Å². The molecule has 4 nitrogen and oxygen atoms in total. The molecule has 0 spiro atoms. The van der Waals surface area contributed by atoms with Crippen molar-refractivity contribution in [1.82, 2.24) is 5.32 Å². The van der Waals surface area contributed by atoms with Gasteiger partial charge in [0, 0.05) is 0 Å². The zero-order valence-corrected chi connectivity index (χ0v) is 5.72. The van der Waals surface area contributed by atoms with E-state index in [1.165, 1.54) is 0 Å². The molecular formula is C6H11N2O2-. The van der Waals surface area contributed by atoms with Crippen molar-refractivity contribution in [2.24, 2.45) is 5.73 Å². The third kappa shape index (κ3) is 1.27. The average molecular weight is 143 g/mol. The standard InChI is InChI=1S/C6H12N2O2/c7-6(5(9)10)1-3-8-4-2-6/h8H,1-4,7H2,(H,9,10)/p-1. The number of piperidine rings is 1.